The Labute approximate surface area is 124 Å². The average molecular weight is 290 g/mol. The molecular formula is C16H22N2OS. The maximum absolute atomic E-state index is 10.0. The molecule has 1 aliphatic rings. The number of aliphatic hydroxyl groups excluding tert-OH is 1. The third-order valence-electron chi connectivity index (χ3n) is 3.92. The van der Waals surface area contributed by atoms with Crippen molar-refractivity contribution in [3.05, 3.63) is 35.2 Å². The van der Waals surface area contributed by atoms with Crippen LogP contribution in [-0.4, -0.2) is 42.3 Å². The Morgan fingerprint density at radius 2 is 2.05 bits per heavy atom. The van der Waals surface area contributed by atoms with Gasteiger partial charge in [0.25, 0.3) is 0 Å². The molecule has 0 saturated carbocycles. The summed E-state index contributed by atoms with van der Waals surface area (Å²) in [6.07, 6.45) is 2.29. The summed E-state index contributed by atoms with van der Waals surface area (Å²) in [5, 5.41) is 17.0. The second-order valence-corrected chi connectivity index (χ2v) is 6.46. The average Bonchev–Trinajstić information content (AvgIpc) is 3.09. The number of nitrogens with one attached hydrogen (secondary N) is 1. The fourth-order valence-electron chi connectivity index (χ4n) is 2.87. The van der Waals surface area contributed by atoms with E-state index in [1.165, 1.54) is 28.5 Å². The summed E-state index contributed by atoms with van der Waals surface area (Å²) in [6.45, 7) is 4.59. The molecule has 0 amide bonds. The van der Waals surface area contributed by atoms with Crippen LogP contribution in [0.4, 0.5) is 0 Å². The zero-order valence-electron chi connectivity index (χ0n) is 11.7. The molecule has 20 heavy (non-hydrogen) atoms. The van der Waals surface area contributed by atoms with Crippen molar-refractivity contribution >= 4 is 21.4 Å². The molecule has 1 aromatic heterocycles. The lowest BCUT2D eigenvalue weighted by atomic mass is 10.2. The Bertz CT molecular complexity index is 548. The number of hydrogen-bond donors (Lipinski definition) is 2. The molecular weight excluding hydrogens is 268 g/mol. The predicted molar refractivity (Wildman–Crippen MR) is 85.2 cm³/mol. The van der Waals surface area contributed by atoms with Crippen molar-refractivity contribution < 1.29 is 5.11 Å². The monoisotopic (exact) mass is 290 g/mol. The van der Waals surface area contributed by atoms with Gasteiger partial charge in [-0.15, -0.1) is 11.3 Å². The molecule has 2 aromatic rings. The van der Waals surface area contributed by atoms with Gasteiger partial charge in [0.15, 0.2) is 0 Å². The number of thiophene rings is 1. The van der Waals surface area contributed by atoms with E-state index in [-0.39, 0.29) is 6.10 Å². The third kappa shape index (κ3) is 3.38. The summed E-state index contributed by atoms with van der Waals surface area (Å²) in [6, 6.07) is 8.49. The highest BCUT2D eigenvalue weighted by Gasteiger charge is 2.15. The van der Waals surface area contributed by atoms with Gasteiger partial charge in [0.05, 0.1) is 6.10 Å². The van der Waals surface area contributed by atoms with Crippen molar-refractivity contribution in [1.82, 2.24) is 10.2 Å². The second kappa shape index (κ2) is 6.68. The molecule has 2 heterocycles. The van der Waals surface area contributed by atoms with E-state index in [4.69, 9.17) is 0 Å². The molecule has 0 aliphatic carbocycles. The zero-order valence-corrected chi connectivity index (χ0v) is 12.5. The molecule has 4 heteroatoms. The predicted octanol–water partition coefficient (Wildman–Crippen LogP) is 2.45. The van der Waals surface area contributed by atoms with Crippen LogP contribution in [0, 0.1) is 0 Å². The van der Waals surface area contributed by atoms with E-state index in [1.54, 1.807) is 11.3 Å². The highest BCUT2D eigenvalue weighted by Crippen LogP contribution is 2.25. The van der Waals surface area contributed by atoms with Crippen molar-refractivity contribution in [2.45, 2.75) is 25.5 Å². The van der Waals surface area contributed by atoms with Gasteiger partial charge in [0.1, 0.15) is 0 Å². The van der Waals surface area contributed by atoms with Gasteiger partial charge in [-0.2, -0.15) is 0 Å². The normalized spacial score (nSPS) is 17.9. The fraction of sp³-hybridized carbons (Fsp3) is 0.500. The molecule has 1 aliphatic heterocycles. The minimum atomic E-state index is -0.266. The van der Waals surface area contributed by atoms with Crippen LogP contribution in [0.5, 0.6) is 0 Å². The van der Waals surface area contributed by atoms with Crippen LogP contribution < -0.4 is 5.32 Å². The van der Waals surface area contributed by atoms with E-state index in [9.17, 15) is 5.11 Å². The van der Waals surface area contributed by atoms with Gasteiger partial charge in [-0.05, 0) is 48.3 Å². The first-order chi connectivity index (χ1) is 9.83. The van der Waals surface area contributed by atoms with Crippen LogP contribution in [-0.2, 0) is 6.54 Å². The molecule has 0 radical (unpaired) electrons. The number of β-amino-alcohol motifs (C(OH)–C–C–N with tert-alkyl or cyclic N) is 1. The maximum atomic E-state index is 10.0. The minimum Gasteiger partial charge on any atom is -0.390 e. The standard InChI is InChI=1S/C16H22N2OS/c19-14(11-18-7-3-4-8-18)10-17-9-13-12-20-16-6-2-1-5-15(13)16/h1-2,5-6,12,14,17,19H,3-4,7-11H2. The zero-order chi connectivity index (χ0) is 13.8. The number of aliphatic hydroxyl groups is 1. The van der Waals surface area contributed by atoms with E-state index in [1.807, 2.05) is 0 Å². The minimum absolute atomic E-state index is 0.266. The largest absolute Gasteiger partial charge is 0.390 e. The maximum Gasteiger partial charge on any atom is 0.0791 e. The first-order valence-corrected chi connectivity index (χ1v) is 8.27. The topological polar surface area (TPSA) is 35.5 Å². The summed E-state index contributed by atoms with van der Waals surface area (Å²) in [5.41, 5.74) is 1.33. The van der Waals surface area contributed by atoms with Crippen molar-refractivity contribution in [3.63, 3.8) is 0 Å². The lowest BCUT2D eigenvalue weighted by molar-refractivity contribution is 0.123. The molecule has 0 spiro atoms. The van der Waals surface area contributed by atoms with E-state index in [2.05, 4.69) is 39.9 Å². The fourth-order valence-corrected chi connectivity index (χ4v) is 3.83. The summed E-state index contributed by atoms with van der Waals surface area (Å²) in [7, 11) is 0. The Kier molecular flexibility index (Phi) is 4.68. The van der Waals surface area contributed by atoms with Crippen LogP contribution in [0.25, 0.3) is 10.1 Å². The van der Waals surface area contributed by atoms with Gasteiger partial charge in [0, 0.05) is 24.3 Å². The molecule has 1 fully saturated rings. The molecule has 2 N–H and O–H groups in total. The van der Waals surface area contributed by atoms with Gasteiger partial charge in [-0.25, -0.2) is 0 Å². The van der Waals surface area contributed by atoms with Crippen LogP contribution in [0.1, 0.15) is 18.4 Å². The summed E-state index contributed by atoms with van der Waals surface area (Å²) < 4.78 is 1.34. The molecule has 108 valence electrons. The van der Waals surface area contributed by atoms with E-state index in [0.29, 0.717) is 6.54 Å². The van der Waals surface area contributed by atoms with Gasteiger partial charge in [0.2, 0.25) is 0 Å². The van der Waals surface area contributed by atoms with E-state index < -0.39 is 0 Å². The van der Waals surface area contributed by atoms with Crippen LogP contribution >= 0.6 is 11.3 Å². The molecule has 3 nitrogen and oxygen atoms in total. The van der Waals surface area contributed by atoms with Gasteiger partial charge in [-0.1, -0.05) is 18.2 Å². The molecule has 1 unspecified atom stereocenters. The van der Waals surface area contributed by atoms with Gasteiger partial charge in [-0.3, -0.25) is 0 Å². The SMILES string of the molecule is OC(CNCc1csc2ccccc12)CN1CCCC1. The van der Waals surface area contributed by atoms with Crippen LogP contribution in [0.3, 0.4) is 0 Å². The lowest BCUT2D eigenvalue weighted by Gasteiger charge is -2.19. The number of rotatable bonds is 6. The summed E-state index contributed by atoms with van der Waals surface area (Å²) >= 11 is 1.79. The van der Waals surface area contributed by atoms with Crippen LogP contribution in [0.15, 0.2) is 29.6 Å². The number of fused-ring (bicyclic) bond motifs is 1. The summed E-state index contributed by atoms with van der Waals surface area (Å²) in [5.74, 6) is 0. The van der Waals surface area contributed by atoms with Crippen molar-refractivity contribution in [3.8, 4) is 0 Å². The van der Waals surface area contributed by atoms with E-state index >= 15 is 0 Å². The number of nitrogens with zero attached hydrogens (tertiary/aromatic N) is 1. The van der Waals surface area contributed by atoms with Gasteiger partial charge < -0.3 is 15.3 Å². The van der Waals surface area contributed by atoms with Gasteiger partial charge >= 0.3 is 0 Å². The Hall–Kier alpha value is -0.940. The lowest BCUT2D eigenvalue weighted by Crippen LogP contribution is -2.36. The molecule has 3 rings (SSSR count). The second-order valence-electron chi connectivity index (χ2n) is 5.55. The Morgan fingerprint density at radius 1 is 1.25 bits per heavy atom. The Morgan fingerprint density at radius 3 is 2.90 bits per heavy atom. The van der Waals surface area contributed by atoms with Crippen molar-refractivity contribution in [2.75, 3.05) is 26.2 Å². The number of likely N-dealkylation sites (tertiary alicyclic amines) is 1. The van der Waals surface area contributed by atoms with Crippen molar-refractivity contribution in [2.24, 2.45) is 0 Å². The molecule has 0 bridgehead atoms. The first kappa shape index (κ1) is 14.0. The summed E-state index contributed by atoms with van der Waals surface area (Å²) in [4.78, 5) is 2.35. The highest BCUT2D eigenvalue weighted by atomic mass is 32.1. The molecule has 1 atom stereocenters. The Balaban J connectivity index is 1.47. The number of benzene rings is 1. The highest BCUT2D eigenvalue weighted by molar-refractivity contribution is 7.17. The van der Waals surface area contributed by atoms with Crippen molar-refractivity contribution in [1.29, 1.82) is 0 Å². The van der Waals surface area contributed by atoms with E-state index in [0.717, 1.165) is 26.2 Å². The number of hydrogen-bond acceptors (Lipinski definition) is 4. The third-order valence-corrected chi connectivity index (χ3v) is 4.94. The van der Waals surface area contributed by atoms with Crippen LogP contribution in [0.2, 0.25) is 0 Å². The molecule has 1 aromatic carbocycles. The smallest absolute Gasteiger partial charge is 0.0791 e. The quantitative estimate of drug-likeness (QED) is 0.858. The molecule has 1 saturated heterocycles. The first-order valence-electron chi connectivity index (χ1n) is 7.39.